The van der Waals surface area contributed by atoms with Crippen LogP contribution in [-0.4, -0.2) is 34.9 Å². The van der Waals surface area contributed by atoms with E-state index >= 15 is 0 Å². The summed E-state index contributed by atoms with van der Waals surface area (Å²) in [6.07, 6.45) is 4.14. The highest BCUT2D eigenvalue weighted by molar-refractivity contribution is 5.76. The molecule has 0 aliphatic carbocycles. The Kier molecular flexibility index (Phi) is 6.26. The van der Waals surface area contributed by atoms with Crippen molar-refractivity contribution in [3.8, 4) is 17.2 Å². The molecule has 0 saturated carbocycles. The van der Waals surface area contributed by atoms with Gasteiger partial charge >= 0.3 is 0 Å². The zero-order valence-corrected chi connectivity index (χ0v) is 16.3. The number of ether oxygens (including phenoxy) is 2. The van der Waals surface area contributed by atoms with Gasteiger partial charge in [0.2, 0.25) is 5.91 Å². The van der Waals surface area contributed by atoms with E-state index in [9.17, 15) is 4.79 Å². The van der Waals surface area contributed by atoms with Crippen LogP contribution in [0.1, 0.15) is 30.5 Å². The molecule has 0 bridgehead atoms. The van der Waals surface area contributed by atoms with E-state index in [4.69, 9.17) is 9.47 Å². The van der Waals surface area contributed by atoms with E-state index in [0.717, 1.165) is 28.3 Å². The number of amides is 1. The summed E-state index contributed by atoms with van der Waals surface area (Å²) in [6.45, 7) is 1.97. The van der Waals surface area contributed by atoms with Crippen LogP contribution >= 0.6 is 0 Å². The summed E-state index contributed by atoms with van der Waals surface area (Å²) in [5, 5.41) is 7.15. The Labute approximate surface area is 164 Å². The van der Waals surface area contributed by atoms with E-state index in [1.54, 1.807) is 25.2 Å². The number of aromatic nitrogens is 3. The van der Waals surface area contributed by atoms with Gasteiger partial charge in [-0.25, -0.2) is 9.67 Å². The molecule has 1 amide bonds. The Morgan fingerprint density at radius 3 is 2.36 bits per heavy atom. The average Bonchev–Trinajstić information content (AvgIpc) is 3.27. The van der Waals surface area contributed by atoms with Crippen molar-refractivity contribution in [3.63, 3.8) is 0 Å². The highest BCUT2D eigenvalue weighted by Gasteiger charge is 2.11. The molecule has 1 aromatic heterocycles. The molecule has 146 valence electrons. The molecule has 0 aliphatic heterocycles. The molecule has 28 heavy (non-hydrogen) atoms. The van der Waals surface area contributed by atoms with Gasteiger partial charge in [-0.15, -0.1) is 0 Å². The Hall–Kier alpha value is -3.35. The molecule has 1 atom stereocenters. The van der Waals surface area contributed by atoms with E-state index in [1.165, 1.54) is 6.33 Å². The van der Waals surface area contributed by atoms with Crippen molar-refractivity contribution < 1.29 is 14.3 Å². The van der Waals surface area contributed by atoms with Crippen LogP contribution in [0.5, 0.6) is 11.5 Å². The van der Waals surface area contributed by atoms with Gasteiger partial charge in [-0.1, -0.05) is 12.1 Å². The molecule has 7 heteroatoms. The molecule has 3 aromatic rings. The van der Waals surface area contributed by atoms with Crippen molar-refractivity contribution in [1.29, 1.82) is 0 Å². The third kappa shape index (κ3) is 4.88. The number of hydrogen-bond donors (Lipinski definition) is 1. The predicted molar refractivity (Wildman–Crippen MR) is 106 cm³/mol. The van der Waals surface area contributed by atoms with Crippen LogP contribution in [-0.2, 0) is 11.2 Å². The number of rotatable bonds is 8. The SMILES string of the molecule is COc1cc(CCC(=O)NC(C)c2ccc(-n3cncn3)cc2)cc(OC)c1. The molecule has 0 aliphatic rings. The van der Waals surface area contributed by atoms with Gasteiger partial charge in [0.1, 0.15) is 24.2 Å². The fourth-order valence-corrected chi connectivity index (χ4v) is 2.92. The molecule has 0 spiro atoms. The molecule has 3 rings (SSSR count). The van der Waals surface area contributed by atoms with Crippen LogP contribution in [0.4, 0.5) is 0 Å². The van der Waals surface area contributed by atoms with Crippen LogP contribution in [0.25, 0.3) is 5.69 Å². The number of methoxy groups -OCH3 is 2. The molecular weight excluding hydrogens is 356 g/mol. The predicted octanol–water partition coefficient (Wildman–Crippen LogP) is 3.09. The molecule has 0 radical (unpaired) electrons. The second kappa shape index (κ2) is 9.03. The highest BCUT2D eigenvalue weighted by atomic mass is 16.5. The lowest BCUT2D eigenvalue weighted by Crippen LogP contribution is -2.26. The molecule has 0 saturated heterocycles. The first-order valence-electron chi connectivity index (χ1n) is 9.05. The van der Waals surface area contributed by atoms with Gasteiger partial charge in [0.05, 0.1) is 25.9 Å². The smallest absolute Gasteiger partial charge is 0.220 e. The summed E-state index contributed by atoms with van der Waals surface area (Å²) in [5.41, 5.74) is 2.95. The molecule has 1 N–H and O–H groups in total. The summed E-state index contributed by atoms with van der Waals surface area (Å²) in [4.78, 5) is 16.3. The van der Waals surface area contributed by atoms with E-state index in [0.29, 0.717) is 12.8 Å². The maximum atomic E-state index is 12.4. The molecule has 1 unspecified atom stereocenters. The zero-order chi connectivity index (χ0) is 19.9. The van der Waals surface area contributed by atoms with Crippen molar-refractivity contribution in [2.45, 2.75) is 25.8 Å². The Morgan fingerprint density at radius 1 is 1.11 bits per heavy atom. The van der Waals surface area contributed by atoms with Crippen LogP contribution in [0.15, 0.2) is 55.1 Å². The average molecular weight is 380 g/mol. The quantitative estimate of drug-likeness (QED) is 0.650. The van der Waals surface area contributed by atoms with Gasteiger partial charge in [-0.05, 0) is 48.7 Å². The maximum Gasteiger partial charge on any atom is 0.220 e. The maximum absolute atomic E-state index is 12.4. The van der Waals surface area contributed by atoms with Crippen molar-refractivity contribution in [3.05, 3.63) is 66.2 Å². The summed E-state index contributed by atoms with van der Waals surface area (Å²) in [7, 11) is 3.22. The summed E-state index contributed by atoms with van der Waals surface area (Å²) >= 11 is 0. The molecule has 1 heterocycles. The first-order valence-corrected chi connectivity index (χ1v) is 9.05. The Bertz CT molecular complexity index is 886. The number of carbonyl (C=O) groups is 1. The number of nitrogens with one attached hydrogen (secondary N) is 1. The van der Waals surface area contributed by atoms with Crippen molar-refractivity contribution in [2.75, 3.05) is 14.2 Å². The minimum Gasteiger partial charge on any atom is -0.497 e. The topological polar surface area (TPSA) is 78.3 Å². The van der Waals surface area contributed by atoms with Gasteiger partial charge in [-0.3, -0.25) is 4.79 Å². The lowest BCUT2D eigenvalue weighted by atomic mass is 10.1. The Morgan fingerprint density at radius 2 is 1.79 bits per heavy atom. The minimum absolute atomic E-state index is 0.00496. The molecule has 2 aromatic carbocycles. The molecule has 7 nitrogen and oxygen atoms in total. The monoisotopic (exact) mass is 380 g/mol. The number of carbonyl (C=O) groups excluding carboxylic acids is 1. The normalized spacial score (nSPS) is 11.7. The molecule has 0 fully saturated rings. The second-order valence-corrected chi connectivity index (χ2v) is 6.44. The van der Waals surface area contributed by atoms with E-state index in [2.05, 4.69) is 15.4 Å². The van der Waals surface area contributed by atoms with Crippen LogP contribution in [0.2, 0.25) is 0 Å². The van der Waals surface area contributed by atoms with E-state index in [-0.39, 0.29) is 11.9 Å². The van der Waals surface area contributed by atoms with Gasteiger partial charge in [0.25, 0.3) is 0 Å². The summed E-state index contributed by atoms with van der Waals surface area (Å²) in [5.74, 6) is 1.43. The minimum atomic E-state index is -0.0860. The highest BCUT2D eigenvalue weighted by Crippen LogP contribution is 2.23. The van der Waals surface area contributed by atoms with E-state index < -0.39 is 0 Å². The Balaban J connectivity index is 1.56. The van der Waals surface area contributed by atoms with Crippen LogP contribution in [0.3, 0.4) is 0 Å². The van der Waals surface area contributed by atoms with Crippen molar-refractivity contribution in [2.24, 2.45) is 0 Å². The van der Waals surface area contributed by atoms with Gasteiger partial charge < -0.3 is 14.8 Å². The van der Waals surface area contributed by atoms with Crippen LogP contribution < -0.4 is 14.8 Å². The summed E-state index contributed by atoms with van der Waals surface area (Å²) in [6, 6.07) is 13.4. The third-order valence-electron chi connectivity index (χ3n) is 4.51. The fraction of sp³-hybridized carbons (Fsp3) is 0.286. The largest absolute Gasteiger partial charge is 0.497 e. The van der Waals surface area contributed by atoms with Crippen molar-refractivity contribution >= 4 is 5.91 Å². The van der Waals surface area contributed by atoms with Crippen molar-refractivity contribution in [1.82, 2.24) is 20.1 Å². The number of aryl methyl sites for hydroxylation is 1. The first-order chi connectivity index (χ1) is 13.6. The summed E-state index contributed by atoms with van der Waals surface area (Å²) < 4.78 is 12.2. The fourth-order valence-electron chi connectivity index (χ4n) is 2.92. The number of nitrogens with zero attached hydrogens (tertiary/aromatic N) is 3. The van der Waals surface area contributed by atoms with Crippen LogP contribution in [0, 0.1) is 0 Å². The van der Waals surface area contributed by atoms with Gasteiger partial charge in [0, 0.05) is 12.5 Å². The number of benzene rings is 2. The van der Waals surface area contributed by atoms with Gasteiger partial charge in [0.15, 0.2) is 0 Å². The third-order valence-corrected chi connectivity index (χ3v) is 4.51. The lowest BCUT2D eigenvalue weighted by molar-refractivity contribution is -0.121. The lowest BCUT2D eigenvalue weighted by Gasteiger charge is -2.15. The zero-order valence-electron chi connectivity index (χ0n) is 16.3. The van der Waals surface area contributed by atoms with E-state index in [1.807, 2.05) is 49.4 Å². The molecular formula is C21H24N4O3. The standard InChI is InChI=1S/C21H24N4O3/c1-15(17-5-7-18(8-6-17)25-14-22-13-23-25)24-21(26)9-4-16-10-19(27-2)12-20(11-16)28-3/h5-8,10-15H,4,9H2,1-3H3,(H,24,26). The number of hydrogen-bond acceptors (Lipinski definition) is 5. The second-order valence-electron chi connectivity index (χ2n) is 6.44. The van der Waals surface area contributed by atoms with Gasteiger partial charge in [-0.2, -0.15) is 5.10 Å². The first kappa shape index (κ1) is 19.4.